The Morgan fingerprint density at radius 3 is 2.75 bits per heavy atom. The summed E-state index contributed by atoms with van der Waals surface area (Å²) in [7, 11) is 0. The number of rotatable bonds is 2. The summed E-state index contributed by atoms with van der Waals surface area (Å²) in [4.78, 5) is 11.8. The molecule has 2 aromatic rings. The van der Waals surface area contributed by atoms with Crippen molar-refractivity contribution in [3.63, 3.8) is 0 Å². The molecular weight excluding hydrogens is 224 g/mol. The Kier molecular flexibility index (Phi) is 3.11. The van der Waals surface area contributed by atoms with Crippen molar-refractivity contribution in [2.24, 2.45) is 0 Å². The largest absolute Gasteiger partial charge is 0.462 e. The highest BCUT2D eigenvalue weighted by Gasteiger charge is 2.14. The van der Waals surface area contributed by atoms with Crippen molar-refractivity contribution in [3.05, 3.63) is 47.0 Å². The molecule has 0 saturated carbocycles. The van der Waals surface area contributed by atoms with E-state index in [2.05, 4.69) is 0 Å². The minimum absolute atomic E-state index is 0.346. The van der Waals surface area contributed by atoms with Crippen molar-refractivity contribution in [1.29, 1.82) is 0 Å². The van der Waals surface area contributed by atoms with Crippen LogP contribution in [0.25, 0.3) is 10.8 Å². The standard InChI is InChI=1S/C13H11ClO2/c1-2-16-13(15)12-10-6-4-3-5-9(10)7-8-11(12)14/h3-8H,2H2,1H3. The Morgan fingerprint density at radius 1 is 1.25 bits per heavy atom. The molecule has 0 amide bonds. The fourth-order valence-electron chi connectivity index (χ4n) is 1.66. The number of carbonyl (C=O) groups is 1. The van der Waals surface area contributed by atoms with E-state index in [4.69, 9.17) is 16.3 Å². The summed E-state index contributed by atoms with van der Waals surface area (Å²) >= 11 is 6.03. The van der Waals surface area contributed by atoms with Crippen LogP contribution in [-0.4, -0.2) is 12.6 Å². The summed E-state index contributed by atoms with van der Waals surface area (Å²) in [5.41, 5.74) is 0.446. The summed E-state index contributed by atoms with van der Waals surface area (Å²) in [6.45, 7) is 2.12. The molecule has 0 heterocycles. The Labute approximate surface area is 98.8 Å². The van der Waals surface area contributed by atoms with Gasteiger partial charge >= 0.3 is 5.97 Å². The number of hydrogen-bond acceptors (Lipinski definition) is 2. The molecule has 0 fully saturated rings. The molecule has 0 unspecified atom stereocenters. The van der Waals surface area contributed by atoms with Gasteiger partial charge in [-0.3, -0.25) is 0 Å². The minimum Gasteiger partial charge on any atom is -0.462 e. The molecule has 2 rings (SSSR count). The van der Waals surface area contributed by atoms with Gasteiger partial charge in [0.05, 0.1) is 17.2 Å². The van der Waals surface area contributed by atoms with E-state index in [1.807, 2.05) is 30.3 Å². The van der Waals surface area contributed by atoms with E-state index in [0.717, 1.165) is 10.8 Å². The number of halogens is 1. The zero-order valence-electron chi connectivity index (χ0n) is 8.87. The number of carbonyl (C=O) groups excluding carboxylic acids is 1. The first-order valence-electron chi connectivity index (χ1n) is 5.08. The molecule has 2 nitrogen and oxygen atoms in total. The molecule has 0 aliphatic carbocycles. The summed E-state index contributed by atoms with van der Waals surface area (Å²) < 4.78 is 4.99. The molecule has 0 spiro atoms. The molecule has 0 radical (unpaired) electrons. The number of benzene rings is 2. The van der Waals surface area contributed by atoms with Gasteiger partial charge in [-0.1, -0.05) is 41.9 Å². The third-order valence-corrected chi connectivity index (χ3v) is 2.67. The predicted octanol–water partition coefficient (Wildman–Crippen LogP) is 3.67. The number of ether oxygens (including phenoxy) is 1. The van der Waals surface area contributed by atoms with Gasteiger partial charge in [0, 0.05) is 0 Å². The molecule has 0 aromatic heterocycles. The van der Waals surface area contributed by atoms with E-state index in [-0.39, 0.29) is 5.97 Å². The van der Waals surface area contributed by atoms with Gasteiger partial charge in [-0.2, -0.15) is 0 Å². The fourth-order valence-corrected chi connectivity index (χ4v) is 1.90. The average molecular weight is 235 g/mol. The summed E-state index contributed by atoms with van der Waals surface area (Å²) in [5, 5.41) is 2.24. The van der Waals surface area contributed by atoms with Gasteiger partial charge in [0.1, 0.15) is 0 Å². The first-order valence-corrected chi connectivity index (χ1v) is 5.46. The lowest BCUT2D eigenvalue weighted by atomic mass is 10.0. The van der Waals surface area contributed by atoms with Crippen LogP contribution in [0.2, 0.25) is 5.02 Å². The molecule has 0 aliphatic rings. The quantitative estimate of drug-likeness (QED) is 0.741. The topological polar surface area (TPSA) is 26.3 Å². The van der Waals surface area contributed by atoms with Gasteiger partial charge < -0.3 is 4.74 Å². The van der Waals surface area contributed by atoms with Crippen LogP contribution in [0.5, 0.6) is 0 Å². The lowest BCUT2D eigenvalue weighted by Gasteiger charge is -2.07. The second kappa shape index (κ2) is 4.54. The Hall–Kier alpha value is -1.54. The maximum Gasteiger partial charge on any atom is 0.340 e. The molecule has 2 aromatic carbocycles. The highest BCUT2D eigenvalue weighted by Crippen LogP contribution is 2.26. The molecule has 0 N–H and O–H groups in total. The van der Waals surface area contributed by atoms with Crippen molar-refractivity contribution in [3.8, 4) is 0 Å². The summed E-state index contributed by atoms with van der Waals surface area (Å²) in [6.07, 6.45) is 0. The van der Waals surface area contributed by atoms with Crippen LogP contribution in [0, 0.1) is 0 Å². The zero-order chi connectivity index (χ0) is 11.5. The average Bonchev–Trinajstić information content (AvgIpc) is 2.29. The predicted molar refractivity (Wildman–Crippen MR) is 64.9 cm³/mol. The molecule has 0 bridgehead atoms. The van der Waals surface area contributed by atoms with Crippen molar-refractivity contribution in [2.75, 3.05) is 6.61 Å². The van der Waals surface area contributed by atoms with Crippen LogP contribution in [0.15, 0.2) is 36.4 Å². The molecule has 3 heteroatoms. The number of hydrogen-bond donors (Lipinski definition) is 0. The third kappa shape index (κ3) is 1.89. The van der Waals surface area contributed by atoms with Crippen molar-refractivity contribution in [1.82, 2.24) is 0 Å². The fraction of sp³-hybridized carbons (Fsp3) is 0.154. The van der Waals surface area contributed by atoms with Crippen LogP contribution < -0.4 is 0 Å². The van der Waals surface area contributed by atoms with Gasteiger partial charge in [-0.25, -0.2) is 4.79 Å². The number of fused-ring (bicyclic) bond motifs is 1. The first-order chi connectivity index (χ1) is 7.74. The summed E-state index contributed by atoms with van der Waals surface area (Å²) in [6, 6.07) is 11.2. The molecule has 82 valence electrons. The van der Waals surface area contributed by atoms with Crippen LogP contribution in [0.3, 0.4) is 0 Å². The molecule has 16 heavy (non-hydrogen) atoms. The summed E-state index contributed by atoms with van der Waals surface area (Å²) in [5.74, 6) is -0.371. The highest BCUT2D eigenvalue weighted by molar-refractivity contribution is 6.35. The van der Waals surface area contributed by atoms with Crippen molar-refractivity contribution < 1.29 is 9.53 Å². The SMILES string of the molecule is CCOC(=O)c1c(Cl)ccc2ccccc12. The zero-order valence-corrected chi connectivity index (χ0v) is 9.62. The highest BCUT2D eigenvalue weighted by atomic mass is 35.5. The first kappa shape index (κ1) is 11.0. The maximum absolute atomic E-state index is 11.8. The van der Waals surface area contributed by atoms with E-state index in [0.29, 0.717) is 17.2 Å². The van der Waals surface area contributed by atoms with E-state index >= 15 is 0 Å². The second-order valence-electron chi connectivity index (χ2n) is 3.36. The van der Waals surface area contributed by atoms with E-state index in [1.54, 1.807) is 13.0 Å². The second-order valence-corrected chi connectivity index (χ2v) is 3.77. The lowest BCUT2D eigenvalue weighted by molar-refractivity contribution is 0.0529. The maximum atomic E-state index is 11.8. The molecule has 0 aliphatic heterocycles. The Morgan fingerprint density at radius 2 is 2.00 bits per heavy atom. The van der Waals surface area contributed by atoms with Crippen LogP contribution in [0.1, 0.15) is 17.3 Å². The minimum atomic E-state index is -0.371. The van der Waals surface area contributed by atoms with Gasteiger partial charge in [0.2, 0.25) is 0 Å². The Bertz CT molecular complexity index is 534. The molecule has 0 saturated heterocycles. The van der Waals surface area contributed by atoms with Gasteiger partial charge in [-0.05, 0) is 23.8 Å². The van der Waals surface area contributed by atoms with E-state index in [9.17, 15) is 4.79 Å². The lowest BCUT2D eigenvalue weighted by Crippen LogP contribution is -2.06. The van der Waals surface area contributed by atoms with Crippen LogP contribution in [-0.2, 0) is 4.74 Å². The number of esters is 1. The van der Waals surface area contributed by atoms with E-state index < -0.39 is 0 Å². The smallest absolute Gasteiger partial charge is 0.340 e. The molecule has 0 atom stereocenters. The molecular formula is C13H11ClO2. The van der Waals surface area contributed by atoms with Crippen molar-refractivity contribution >= 4 is 28.3 Å². The van der Waals surface area contributed by atoms with Crippen LogP contribution in [0.4, 0.5) is 0 Å². The van der Waals surface area contributed by atoms with E-state index in [1.165, 1.54) is 0 Å². The van der Waals surface area contributed by atoms with Crippen molar-refractivity contribution in [2.45, 2.75) is 6.92 Å². The monoisotopic (exact) mass is 234 g/mol. The third-order valence-electron chi connectivity index (χ3n) is 2.36. The van der Waals surface area contributed by atoms with Gasteiger partial charge in [0.25, 0.3) is 0 Å². The Balaban J connectivity index is 2.66. The normalized spacial score (nSPS) is 10.4. The van der Waals surface area contributed by atoms with Crippen LogP contribution >= 0.6 is 11.6 Å². The van der Waals surface area contributed by atoms with Gasteiger partial charge in [0.15, 0.2) is 0 Å². The van der Waals surface area contributed by atoms with Gasteiger partial charge in [-0.15, -0.1) is 0 Å².